The maximum atomic E-state index is 12.7. The van der Waals surface area contributed by atoms with Gasteiger partial charge in [0.2, 0.25) is 5.91 Å². The number of nitrogens with zero attached hydrogens (tertiary/aromatic N) is 4. The summed E-state index contributed by atoms with van der Waals surface area (Å²) in [5.41, 5.74) is 3.09. The summed E-state index contributed by atoms with van der Waals surface area (Å²) < 4.78 is 1.93. The van der Waals surface area contributed by atoms with Crippen molar-refractivity contribution in [3.8, 4) is 11.4 Å². The highest BCUT2D eigenvalue weighted by Gasteiger charge is 2.22. The average Bonchev–Trinajstić information content (AvgIpc) is 3.02. The topological polar surface area (TPSA) is 51.0 Å². The van der Waals surface area contributed by atoms with Crippen molar-refractivity contribution in [3.05, 3.63) is 60.2 Å². The fraction of sp³-hybridized carbons (Fsp3) is 0.250. The van der Waals surface area contributed by atoms with E-state index in [-0.39, 0.29) is 11.2 Å². The fourth-order valence-corrected chi connectivity index (χ4v) is 3.54. The lowest BCUT2D eigenvalue weighted by Gasteiger charge is -2.20. The third-order valence-corrected chi connectivity index (χ3v) is 5.37. The summed E-state index contributed by atoms with van der Waals surface area (Å²) in [6.45, 7) is 3.95. The zero-order valence-corrected chi connectivity index (χ0v) is 16.2. The number of hydrogen-bond donors (Lipinski definition) is 0. The first-order chi connectivity index (χ1) is 12.5. The third kappa shape index (κ3) is 3.80. The summed E-state index contributed by atoms with van der Waals surface area (Å²) in [5.74, 6) is 0.824. The van der Waals surface area contributed by atoms with E-state index in [1.54, 1.807) is 11.9 Å². The molecule has 0 fully saturated rings. The summed E-state index contributed by atoms with van der Waals surface area (Å²) in [4.78, 5) is 14.4. The Balaban J connectivity index is 1.74. The number of hydrogen-bond acceptors (Lipinski definition) is 4. The van der Waals surface area contributed by atoms with Gasteiger partial charge in [-0.05, 0) is 26.0 Å². The highest BCUT2D eigenvalue weighted by atomic mass is 32.2. The van der Waals surface area contributed by atoms with Crippen molar-refractivity contribution < 1.29 is 4.79 Å². The second-order valence-corrected chi connectivity index (χ2v) is 7.53. The van der Waals surface area contributed by atoms with Crippen LogP contribution in [0.15, 0.2) is 59.8 Å². The Morgan fingerprint density at radius 2 is 1.73 bits per heavy atom. The zero-order valence-electron chi connectivity index (χ0n) is 15.4. The molecule has 1 amide bonds. The summed E-state index contributed by atoms with van der Waals surface area (Å²) >= 11 is 1.42. The van der Waals surface area contributed by atoms with Crippen molar-refractivity contribution in [2.45, 2.75) is 24.3 Å². The van der Waals surface area contributed by atoms with Gasteiger partial charge in [0, 0.05) is 25.3 Å². The molecule has 26 heavy (non-hydrogen) atoms. The van der Waals surface area contributed by atoms with E-state index in [9.17, 15) is 4.79 Å². The van der Waals surface area contributed by atoms with E-state index >= 15 is 0 Å². The monoisotopic (exact) mass is 366 g/mol. The van der Waals surface area contributed by atoms with Crippen LogP contribution in [0, 0.1) is 6.92 Å². The molecule has 1 aromatic heterocycles. The molecular formula is C20H22N4OS. The zero-order chi connectivity index (χ0) is 18.7. The molecule has 1 heterocycles. The Kier molecular flexibility index (Phi) is 5.42. The number of carbonyl (C=O) groups excluding carboxylic acids is 1. The minimum Gasteiger partial charge on any atom is -0.315 e. The van der Waals surface area contributed by atoms with Gasteiger partial charge in [-0.15, -0.1) is 10.2 Å². The molecule has 0 aliphatic rings. The standard InChI is InChI=1S/C20H22N4OS/c1-14-10-12-16(13-11-14)18-21-22-20(24(18)4)26-15(2)19(25)23(3)17-8-6-5-7-9-17/h5-13,15H,1-4H3/t15-/m1/s1. The second-order valence-electron chi connectivity index (χ2n) is 6.22. The predicted molar refractivity (Wildman–Crippen MR) is 106 cm³/mol. The van der Waals surface area contributed by atoms with Gasteiger partial charge in [0.15, 0.2) is 11.0 Å². The van der Waals surface area contributed by atoms with Gasteiger partial charge in [-0.3, -0.25) is 4.79 Å². The van der Waals surface area contributed by atoms with Crippen molar-refractivity contribution >= 4 is 23.4 Å². The van der Waals surface area contributed by atoms with Crippen LogP contribution in [0.1, 0.15) is 12.5 Å². The van der Waals surface area contributed by atoms with Crippen LogP contribution in [-0.2, 0) is 11.8 Å². The first kappa shape index (κ1) is 18.2. The van der Waals surface area contributed by atoms with Gasteiger partial charge in [-0.1, -0.05) is 59.8 Å². The lowest BCUT2D eigenvalue weighted by Crippen LogP contribution is -2.33. The Morgan fingerprint density at radius 3 is 2.38 bits per heavy atom. The van der Waals surface area contributed by atoms with E-state index in [2.05, 4.69) is 29.3 Å². The lowest BCUT2D eigenvalue weighted by molar-refractivity contribution is -0.117. The Morgan fingerprint density at radius 1 is 1.08 bits per heavy atom. The maximum Gasteiger partial charge on any atom is 0.240 e. The van der Waals surface area contributed by atoms with Crippen molar-refractivity contribution in [3.63, 3.8) is 0 Å². The summed E-state index contributed by atoms with van der Waals surface area (Å²) in [6, 6.07) is 17.8. The molecule has 0 bridgehead atoms. The number of aryl methyl sites for hydroxylation is 1. The molecule has 6 heteroatoms. The SMILES string of the molecule is Cc1ccc(-c2nnc(S[C@H](C)C(=O)N(C)c3ccccc3)n2C)cc1. The van der Waals surface area contributed by atoms with Crippen LogP contribution >= 0.6 is 11.8 Å². The smallest absolute Gasteiger partial charge is 0.240 e. The maximum absolute atomic E-state index is 12.7. The van der Waals surface area contributed by atoms with Gasteiger partial charge in [0.05, 0.1) is 5.25 Å². The number of anilines is 1. The summed E-state index contributed by atoms with van der Waals surface area (Å²) in [5, 5.41) is 9.03. The van der Waals surface area contributed by atoms with Crippen LogP contribution in [0.2, 0.25) is 0 Å². The van der Waals surface area contributed by atoms with E-state index in [0.29, 0.717) is 0 Å². The lowest BCUT2D eigenvalue weighted by atomic mass is 10.1. The summed E-state index contributed by atoms with van der Waals surface area (Å²) in [6.07, 6.45) is 0. The quantitative estimate of drug-likeness (QED) is 0.642. The molecule has 0 aliphatic heterocycles. The van der Waals surface area contributed by atoms with Gasteiger partial charge in [-0.25, -0.2) is 0 Å². The number of thioether (sulfide) groups is 1. The molecule has 0 spiro atoms. The molecule has 0 aliphatic carbocycles. The predicted octanol–water partition coefficient (Wildman–Crippen LogP) is 3.93. The minimum absolute atomic E-state index is 0.0288. The van der Waals surface area contributed by atoms with Crippen LogP contribution in [-0.4, -0.2) is 33.0 Å². The van der Waals surface area contributed by atoms with Crippen LogP contribution < -0.4 is 4.90 Å². The Hall–Kier alpha value is -2.60. The van der Waals surface area contributed by atoms with E-state index in [0.717, 1.165) is 22.2 Å². The molecule has 0 unspecified atom stereocenters. The third-order valence-electron chi connectivity index (χ3n) is 4.25. The molecule has 0 saturated heterocycles. The molecule has 0 N–H and O–H groups in total. The van der Waals surface area contributed by atoms with E-state index in [4.69, 9.17) is 0 Å². The largest absolute Gasteiger partial charge is 0.315 e. The van der Waals surface area contributed by atoms with Gasteiger partial charge in [-0.2, -0.15) is 0 Å². The van der Waals surface area contributed by atoms with Crippen LogP contribution in [0.25, 0.3) is 11.4 Å². The number of para-hydroxylation sites is 1. The molecule has 1 atom stereocenters. The van der Waals surface area contributed by atoms with Crippen molar-refractivity contribution in [2.75, 3.05) is 11.9 Å². The normalized spacial score (nSPS) is 12.0. The van der Waals surface area contributed by atoms with E-state index < -0.39 is 0 Å². The number of benzene rings is 2. The molecule has 3 rings (SSSR count). The molecule has 2 aromatic carbocycles. The van der Waals surface area contributed by atoms with Gasteiger partial charge in [0.25, 0.3) is 0 Å². The average molecular weight is 366 g/mol. The first-order valence-electron chi connectivity index (χ1n) is 8.43. The molecule has 3 aromatic rings. The molecule has 5 nitrogen and oxygen atoms in total. The van der Waals surface area contributed by atoms with Crippen LogP contribution in [0.3, 0.4) is 0 Å². The molecule has 134 valence electrons. The first-order valence-corrected chi connectivity index (χ1v) is 9.31. The van der Waals surface area contributed by atoms with Crippen molar-refractivity contribution in [2.24, 2.45) is 7.05 Å². The highest BCUT2D eigenvalue weighted by Crippen LogP contribution is 2.27. The number of carbonyl (C=O) groups is 1. The number of amides is 1. The Labute approximate surface area is 158 Å². The van der Waals surface area contributed by atoms with Gasteiger partial charge >= 0.3 is 0 Å². The highest BCUT2D eigenvalue weighted by molar-refractivity contribution is 8.00. The fourth-order valence-electron chi connectivity index (χ4n) is 2.63. The van der Waals surface area contributed by atoms with Gasteiger partial charge < -0.3 is 9.47 Å². The summed E-state index contributed by atoms with van der Waals surface area (Å²) in [7, 11) is 3.72. The van der Waals surface area contributed by atoms with E-state index in [1.165, 1.54) is 17.3 Å². The van der Waals surface area contributed by atoms with Crippen LogP contribution in [0.5, 0.6) is 0 Å². The van der Waals surface area contributed by atoms with Crippen molar-refractivity contribution in [1.82, 2.24) is 14.8 Å². The number of rotatable bonds is 5. The minimum atomic E-state index is -0.269. The van der Waals surface area contributed by atoms with E-state index in [1.807, 2.05) is 61.0 Å². The van der Waals surface area contributed by atoms with Gasteiger partial charge in [0.1, 0.15) is 0 Å². The Bertz CT molecular complexity index is 890. The molecular weight excluding hydrogens is 344 g/mol. The molecule has 0 radical (unpaired) electrons. The second kappa shape index (κ2) is 7.74. The van der Waals surface area contributed by atoms with Crippen LogP contribution in [0.4, 0.5) is 5.69 Å². The van der Waals surface area contributed by atoms with Crippen molar-refractivity contribution in [1.29, 1.82) is 0 Å². The molecule has 0 saturated carbocycles. The number of aromatic nitrogens is 3.